The van der Waals surface area contributed by atoms with Crippen LogP contribution in [0, 0.1) is 5.92 Å². The molecule has 1 aliphatic rings. The molecule has 2 nitrogen and oxygen atoms in total. The number of fused-ring (bicyclic) bond motifs is 5. The van der Waals surface area contributed by atoms with E-state index in [0.29, 0.717) is 5.92 Å². The van der Waals surface area contributed by atoms with E-state index in [-0.39, 0.29) is 12.0 Å². The van der Waals surface area contributed by atoms with Gasteiger partial charge in [-0.1, -0.05) is 202 Å². The Morgan fingerprint density at radius 3 is 1.29 bits per heavy atom. The van der Waals surface area contributed by atoms with Crippen molar-refractivity contribution < 1.29 is 0 Å². The number of pyridine rings is 1. The highest BCUT2D eigenvalue weighted by Gasteiger charge is 2.28. The summed E-state index contributed by atoms with van der Waals surface area (Å²) < 4.78 is 0. The molecule has 1 aromatic heterocycles. The lowest BCUT2D eigenvalue weighted by Gasteiger charge is -2.26. The molecule has 3 unspecified atom stereocenters. The molecule has 10 aromatic carbocycles. The van der Waals surface area contributed by atoms with E-state index < -0.39 is 0 Å². The van der Waals surface area contributed by atoms with Gasteiger partial charge in [0.15, 0.2) is 0 Å². The predicted molar refractivity (Wildman–Crippen MR) is 279 cm³/mol. The van der Waals surface area contributed by atoms with Gasteiger partial charge in [-0.2, -0.15) is 0 Å². The van der Waals surface area contributed by atoms with E-state index in [0.717, 1.165) is 11.8 Å². The van der Waals surface area contributed by atoms with Crippen LogP contribution in [0.25, 0.3) is 105 Å². The molecule has 0 aliphatic carbocycles. The summed E-state index contributed by atoms with van der Waals surface area (Å²) in [4.78, 5) is 10.3. The van der Waals surface area contributed by atoms with Crippen LogP contribution in [-0.4, -0.2) is 11.0 Å². The Hall–Kier alpha value is -7.94. The molecule has 0 radical (unpaired) electrons. The van der Waals surface area contributed by atoms with E-state index in [1.807, 2.05) is 12.4 Å². The second-order valence-corrected chi connectivity index (χ2v) is 18.1. The maximum Gasteiger partial charge on any atom is 0.0726 e. The Kier molecular flexibility index (Phi) is 9.95. The Bertz CT molecular complexity index is 3630. The minimum absolute atomic E-state index is 0.0480. The minimum atomic E-state index is 0.0480. The van der Waals surface area contributed by atoms with Crippen molar-refractivity contribution in [2.45, 2.75) is 32.2 Å². The standard InChI is InChI=1S/C64H48N2/c1-41-29-30-48-39-49(61-52-23-11-9-21-50(52)59(46-17-5-3-6-18-46)51-22-10-12-24-53(51)61)40-58(64(48)66-63(41)42(2)43-31-33-44(34-32-43)45-35-37-65-38-36-45)62-56-27-15-13-25-54(56)60(47-19-7-4-8-20-47)55-26-14-16-28-57(55)62/h3-28,30-42,63H,29H2,1-2H3. The fourth-order valence-electron chi connectivity index (χ4n) is 11.0. The van der Waals surface area contributed by atoms with Gasteiger partial charge in [-0.25, -0.2) is 0 Å². The van der Waals surface area contributed by atoms with E-state index in [4.69, 9.17) is 4.99 Å². The lowest BCUT2D eigenvalue weighted by Crippen LogP contribution is -2.30. The molecule has 0 N–H and O–H groups in total. The van der Waals surface area contributed by atoms with Gasteiger partial charge in [0.25, 0.3) is 0 Å². The molecular weight excluding hydrogens is 797 g/mol. The van der Waals surface area contributed by atoms with Crippen LogP contribution in [0.1, 0.15) is 31.7 Å². The van der Waals surface area contributed by atoms with E-state index in [2.05, 4.69) is 231 Å². The number of hydrogen-bond donors (Lipinski definition) is 0. The van der Waals surface area contributed by atoms with Gasteiger partial charge in [-0.15, -0.1) is 0 Å². The van der Waals surface area contributed by atoms with Crippen LogP contribution < -0.4 is 10.6 Å². The highest BCUT2D eigenvalue weighted by atomic mass is 14.8. The first-order chi connectivity index (χ1) is 32.6. The quantitative estimate of drug-likeness (QED) is 0.147. The van der Waals surface area contributed by atoms with Gasteiger partial charge < -0.3 is 0 Å². The minimum Gasteiger partial charge on any atom is -0.280 e. The molecule has 12 rings (SSSR count). The summed E-state index contributed by atoms with van der Waals surface area (Å²) in [5.41, 5.74) is 13.5. The normalized spacial score (nSPS) is 15.2. The van der Waals surface area contributed by atoms with Crippen LogP contribution in [0.5, 0.6) is 0 Å². The van der Waals surface area contributed by atoms with Gasteiger partial charge in [-0.3, -0.25) is 9.98 Å². The number of rotatable bonds is 7. The molecule has 2 heterocycles. The summed E-state index contributed by atoms with van der Waals surface area (Å²) in [5.74, 6) is 0.495. The Balaban J connectivity index is 1.17. The van der Waals surface area contributed by atoms with Gasteiger partial charge in [0.2, 0.25) is 0 Å². The topological polar surface area (TPSA) is 25.2 Å². The van der Waals surface area contributed by atoms with Crippen molar-refractivity contribution in [1.82, 2.24) is 4.98 Å². The molecule has 0 saturated heterocycles. The SMILES string of the molecule is CC1CC=c2cc(-c3c4ccccc4c(-c4ccccc4)c4ccccc34)cc(-c3c4ccccc4c(-c4ccccc4)c4ccccc34)c2=NC1C(C)c1ccc(-c2ccncc2)cc1. The largest absolute Gasteiger partial charge is 0.280 e. The van der Waals surface area contributed by atoms with Crippen molar-refractivity contribution >= 4 is 49.2 Å². The zero-order chi connectivity index (χ0) is 44.1. The van der Waals surface area contributed by atoms with Crippen LogP contribution in [-0.2, 0) is 0 Å². The van der Waals surface area contributed by atoms with Crippen molar-refractivity contribution in [2.75, 3.05) is 0 Å². The first-order valence-electron chi connectivity index (χ1n) is 23.3. The van der Waals surface area contributed by atoms with Crippen LogP contribution in [0.15, 0.2) is 224 Å². The fraction of sp³-hybridized carbons (Fsp3) is 0.0938. The molecule has 2 heteroatoms. The highest BCUT2D eigenvalue weighted by molar-refractivity contribution is 6.23. The summed E-state index contributed by atoms with van der Waals surface area (Å²) in [5, 5.41) is 12.2. The van der Waals surface area contributed by atoms with E-state index >= 15 is 0 Å². The van der Waals surface area contributed by atoms with Crippen LogP contribution in [0.3, 0.4) is 0 Å². The molecule has 66 heavy (non-hydrogen) atoms. The monoisotopic (exact) mass is 844 g/mol. The van der Waals surface area contributed by atoms with Gasteiger partial charge in [-0.05, 0) is 141 Å². The number of aromatic nitrogens is 1. The fourth-order valence-corrected chi connectivity index (χ4v) is 11.0. The van der Waals surface area contributed by atoms with Gasteiger partial charge in [0.05, 0.1) is 11.4 Å². The van der Waals surface area contributed by atoms with Crippen molar-refractivity contribution in [2.24, 2.45) is 10.9 Å². The maximum atomic E-state index is 6.02. The van der Waals surface area contributed by atoms with Crippen LogP contribution in [0.4, 0.5) is 0 Å². The first-order valence-corrected chi connectivity index (χ1v) is 23.3. The molecule has 0 spiro atoms. The average Bonchev–Trinajstić information content (AvgIpc) is 3.55. The molecule has 1 aliphatic heterocycles. The Morgan fingerprint density at radius 1 is 0.409 bits per heavy atom. The molecule has 0 amide bonds. The van der Waals surface area contributed by atoms with Crippen LogP contribution in [0.2, 0.25) is 0 Å². The summed E-state index contributed by atoms with van der Waals surface area (Å²) in [6.45, 7) is 4.76. The zero-order valence-electron chi connectivity index (χ0n) is 37.2. The van der Waals surface area contributed by atoms with Crippen molar-refractivity contribution in [3.63, 3.8) is 0 Å². The van der Waals surface area contributed by atoms with Crippen molar-refractivity contribution in [3.05, 3.63) is 235 Å². The third kappa shape index (κ3) is 6.72. The van der Waals surface area contributed by atoms with Gasteiger partial charge >= 0.3 is 0 Å². The lowest BCUT2D eigenvalue weighted by molar-refractivity contribution is 0.413. The van der Waals surface area contributed by atoms with E-state index in [1.165, 1.54) is 110 Å². The molecule has 11 aromatic rings. The van der Waals surface area contributed by atoms with Crippen LogP contribution >= 0.6 is 0 Å². The third-order valence-corrected chi connectivity index (χ3v) is 14.2. The molecular formula is C64H48N2. The summed E-state index contributed by atoms with van der Waals surface area (Å²) in [6, 6.07) is 76.1. The molecule has 314 valence electrons. The maximum absolute atomic E-state index is 6.02. The lowest BCUT2D eigenvalue weighted by atomic mass is 9.83. The average molecular weight is 845 g/mol. The molecule has 3 atom stereocenters. The van der Waals surface area contributed by atoms with Gasteiger partial charge in [0, 0.05) is 23.9 Å². The number of hydrogen-bond acceptors (Lipinski definition) is 2. The first kappa shape index (κ1) is 39.6. The van der Waals surface area contributed by atoms with Gasteiger partial charge in [0.1, 0.15) is 0 Å². The third-order valence-electron chi connectivity index (χ3n) is 14.2. The Labute approximate surface area is 385 Å². The van der Waals surface area contributed by atoms with Crippen molar-refractivity contribution in [1.29, 1.82) is 0 Å². The van der Waals surface area contributed by atoms with E-state index in [9.17, 15) is 0 Å². The summed E-state index contributed by atoms with van der Waals surface area (Å²) in [7, 11) is 0. The second kappa shape index (κ2) is 16.6. The predicted octanol–water partition coefficient (Wildman–Crippen LogP) is 15.6. The Morgan fingerprint density at radius 2 is 0.818 bits per heavy atom. The second-order valence-electron chi connectivity index (χ2n) is 18.1. The summed E-state index contributed by atoms with van der Waals surface area (Å²) >= 11 is 0. The van der Waals surface area contributed by atoms with E-state index in [1.54, 1.807) is 0 Å². The smallest absolute Gasteiger partial charge is 0.0726 e. The van der Waals surface area contributed by atoms with Crippen molar-refractivity contribution in [3.8, 4) is 55.6 Å². The summed E-state index contributed by atoms with van der Waals surface area (Å²) in [6.07, 6.45) is 7.13. The number of benzene rings is 10. The molecule has 0 bridgehead atoms. The zero-order valence-corrected chi connectivity index (χ0v) is 37.2. The highest BCUT2D eigenvalue weighted by Crippen LogP contribution is 2.46. The number of nitrogens with zero attached hydrogens (tertiary/aromatic N) is 2. The molecule has 0 fully saturated rings. The molecule has 0 saturated carbocycles.